The summed E-state index contributed by atoms with van der Waals surface area (Å²) < 4.78 is 3.25. The smallest absolute Gasteiger partial charge is 0.135 e. The third kappa shape index (κ3) is 2.11. The molecule has 0 N–H and O–H groups in total. The normalized spacial score (nSPS) is 13.1. The van der Waals surface area contributed by atoms with Gasteiger partial charge in [-0.3, -0.25) is 9.56 Å². The molecule has 0 aliphatic carbocycles. The molecule has 1 aliphatic rings. The van der Waals surface area contributed by atoms with Crippen LogP contribution >= 0.6 is 15.9 Å². The SMILES string of the molecule is Cc1cnc2n1-c1ccc(Br)cc1C(c1ccccc1)=NC2. The first-order valence-corrected chi connectivity index (χ1v) is 7.97. The highest BCUT2D eigenvalue weighted by molar-refractivity contribution is 9.10. The van der Waals surface area contributed by atoms with Gasteiger partial charge in [-0.2, -0.15) is 0 Å². The monoisotopic (exact) mass is 351 g/mol. The lowest BCUT2D eigenvalue weighted by molar-refractivity contribution is 0.863. The number of aryl methyl sites for hydroxylation is 1. The lowest BCUT2D eigenvalue weighted by atomic mass is 10.0. The number of nitrogens with zero attached hydrogens (tertiary/aromatic N) is 3. The Bertz CT molecular complexity index is 879. The first-order valence-electron chi connectivity index (χ1n) is 7.17. The van der Waals surface area contributed by atoms with Gasteiger partial charge >= 0.3 is 0 Å². The molecule has 22 heavy (non-hydrogen) atoms. The van der Waals surface area contributed by atoms with Crippen molar-refractivity contribution in [1.29, 1.82) is 0 Å². The Morgan fingerprint density at radius 3 is 2.73 bits per heavy atom. The van der Waals surface area contributed by atoms with Crippen molar-refractivity contribution in [2.24, 2.45) is 4.99 Å². The maximum atomic E-state index is 4.84. The van der Waals surface area contributed by atoms with Crippen LogP contribution in [0, 0.1) is 6.92 Å². The van der Waals surface area contributed by atoms with Gasteiger partial charge in [-0.25, -0.2) is 4.98 Å². The van der Waals surface area contributed by atoms with Crippen molar-refractivity contribution >= 4 is 21.6 Å². The van der Waals surface area contributed by atoms with Crippen LogP contribution in [0.2, 0.25) is 0 Å². The number of rotatable bonds is 1. The van der Waals surface area contributed by atoms with E-state index in [4.69, 9.17) is 4.99 Å². The van der Waals surface area contributed by atoms with Gasteiger partial charge < -0.3 is 0 Å². The lowest BCUT2D eigenvalue weighted by Crippen LogP contribution is -2.08. The average molecular weight is 352 g/mol. The zero-order chi connectivity index (χ0) is 15.1. The molecule has 0 atom stereocenters. The summed E-state index contributed by atoms with van der Waals surface area (Å²) in [5.41, 5.74) is 5.53. The molecule has 0 radical (unpaired) electrons. The minimum Gasteiger partial charge on any atom is -0.299 e. The van der Waals surface area contributed by atoms with Crippen molar-refractivity contribution in [3.8, 4) is 5.69 Å². The van der Waals surface area contributed by atoms with Gasteiger partial charge in [0.15, 0.2) is 0 Å². The molecular weight excluding hydrogens is 338 g/mol. The van der Waals surface area contributed by atoms with E-state index in [1.807, 2.05) is 24.4 Å². The van der Waals surface area contributed by atoms with Crippen LogP contribution in [0.25, 0.3) is 5.69 Å². The van der Waals surface area contributed by atoms with Gasteiger partial charge in [0.05, 0.1) is 17.9 Å². The highest BCUT2D eigenvalue weighted by Crippen LogP contribution is 2.28. The summed E-state index contributed by atoms with van der Waals surface area (Å²) in [4.78, 5) is 9.35. The minimum absolute atomic E-state index is 0.588. The Morgan fingerprint density at radius 2 is 1.91 bits per heavy atom. The second-order valence-electron chi connectivity index (χ2n) is 5.34. The topological polar surface area (TPSA) is 30.2 Å². The summed E-state index contributed by atoms with van der Waals surface area (Å²) in [5, 5.41) is 0. The van der Waals surface area contributed by atoms with E-state index in [9.17, 15) is 0 Å². The molecule has 3 nitrogen and oxygen atoms in total. The fourth-order valence-corrected chi connectivity index (χ4v) is 3.26. The van der Waals surface area contributed by atoms with Gasteiger partial charge in [0, 0.05) is 27.5 Å². The van der Waals surface area contributed by atoms with Crippen LogP contribution in [-0.2, 0) is 6.54 Å². The van der Waals surface area contributed by atoms with E-state index in [-0.39, 0.29) is 0 Å². The molecule has 0 amide bonds. The predicted molar refractivity (Wildman–Crippen MR) is 91.8 cm³/mol. The van der Waals surface area contributed by atoms with Crippen LogP contribution < -0.4 is 0 Å². The average Bonchev–Trinajstić information content (AvgIpc) is 2.82. The quantitative estimate of drug-likeness (QED) is 0.642. The van der Waals surface area contributed by atoms with Gasteiger partial charge in [-0.15, -0.1) is 0 Å². The molecule has 3 aromatic rings. The van der Waals surface area contributed by atoms with Crippen LogP contribution in [0.1, 0.15) is 22.6 Å². The largest absolute Gasteiger partial charge is 0.299 e. The number of fused-ring (bicyclic) bond motifs is 3. The van der Waals surface area contributed by atoms with E-state index >= 15 is 0 Å². The van der Waals surface area contributed by atoms with Gasteiger partial charge in [0.25, 0.3) is 0 Å². The molecule has 2 aromatic carbocycles. The molecule has 0 unspecified atom stereocenters. The molecule has 0 saturated heterocycles. The summed E-state index contributed by atoms with van der Waals surface area (Å²) in [5.74, 6) is 0.979. The summed E-state index contributed by atoms with van der Waals surface area (Å²) >= 11 is 3.59. The number of hydrogen-bond donors (Lipinski definition) is 0. The van der Waals surface area contributed by atoms with Crippen molar-refractivity contribution in [3.05, 3.63) is 81.8 Å². The van der Waals surface area contributed by atoms with E-state index in [0.29, 0.717) is 6.54 Å². The van der Waals surface area contributed by atoms with Crippen molar-refractivity contribution in [3.63, 3.8) is 0 Å². The summed E-state index contributed by atoms with van der Waals surface area (Å²) in [6.45, 7) is 2.67. The molecular formula is C18H14BrN3. The Kier molecular flexibility index (Phi) is 3.19. The molecule has 4 rings (SSSR count). The van der Waals surface area contributed by atoms with Gasteiger partial charge in [0.2, 0.25) is 0 Å². The minimum atomic E-state index is 0.588. The fraction of sp³-hybridized carbons (Fsp3) is 0.111. The Hall–Kier alpha value is -2.20. The highest BCUT2D eigenvalue weighted by Gasteiger charge is 2.20. The molecule has 108 valence electrons. The number of aliphatic imine (C=N–C) groups is 1. The summed E-state index contributed by atoms with van der Waals surface area (Å²) in [6, 6.07) is 16.6. The van der Waals surface area contributed by atoms with Crippen molar-refractivity contribution in [2.75, 3.05) is 0 Å². The number of hydrogen-bond acceptors (Lipinski definition) is 2. The number of halogens is 1. The maximum absolute atomic E-state index is 4.84. The second-order valence-corrected chi connectivity index (χ2v) is 6.26. The van der Waals surface area contributed by atoms with Crippen molar-refractivity contribution < 1.29 is 0 Å². The van der Waals surface area contributed by atoms with Crippen LogP contribution in [0.4, 0.5) is 0 Å². The molecule has 0 saturated carbocycles. The first kappa shape index (κ1) is 13.5. The number of benzene rings is 2. The second kappa shape index (κ2) is 5.21. The van der Waals surface area contributed by atoms with Gasteiger partial charge in [-0.1, -0.05) is 46.3 Å². The zero-order valence-corrected chi connectivity index (χ0v) is 13.7. The van der Waals surface area contributed by atoms with E-state index in [1.165, 1.54) is 0 Å². The fourth-order valence-electron chi connectivity index (χ4n) is 2.90. The molecule has 0 bridgehead atoms. The molecule has 2 heterocycles. The molecule has 1 aromatic heterocycles. The van der Waals surface area contributed by atoms with Gasteiger partial charge in [0.1, 0.15) is 5.82 Å². The molecule has 1 aliphatic heterocycles. The van der Waals surface area contributed by atoms with Gasteiger partial charge in [-0.05, 0) is 25.1 Å². The van der Waals surface area contributed by atoms with Crippen LogP contribution in [-0.4, -0.2) is 15.3 Å². The van der Waals surface area contributed by atoms with Crippen molar-refractivity contribution in [1.82, 2.24) is 9.55 Å². The number of aromatic nitrogens is 2. The Morgan fingerprint density at radius 1 is 1.09 bits per heavy atom. The highest BCUT2D eigenvalue weighted by atomic mass is 79.9. The molecule has 0 fully saturated rings. The standard InChI is InChI=1S/C18H14BrN3/c1-12-10-20-17-11-21-18(13-5-3-2-4-6-13)15-9-14(19)7-8-16(15)22(12)17/h2-10H,11H2,1H3. The van der Waals surface area contributed by atoms with Crippen LogP contribution in [0.5, 0.6) is 0 Å². The van der Waals surface area contributed by atoms with E-state index < -0.39 is 0 Å². The van der Waals surface area contributed by atoms with Crippen LogP contribution in [0.15, 0.2) is 64.2 Å². The van der Waals surface area contributed by atoms with E-state index in [1.54, 1.807) is 0 Å². The summed E-state index contributed by atoms with van der Waals surface area (Å²) in [6.07, 6.45) is 1.91. The van der Waals surface area contributed by atoms with Crippen LogP contribution in [0.3, 0.4) is 0 Å². The summed E-state index contributed by atoms with van der Waals surface area (Å²) in [7, 11) is 0. The molecule has 0 spiro atoms. The zero-order valence-electron chi connectivity index (χ0n) is 12.1. The predicted octanol–water partition coefficient (Wildman–Crippen LogP) is 4.29. The van der Waals surface area contributed by atoms with E-state index in [0.717, 1.165) is 38.5 Å². The van der Waals surface area contributed by atoms with E-state index in [2.05, 4.69) is 62.7 Å². The Labute approximate surface area is 137 Å². The number of imidazole rings is 1. The third-order valence-electron chi connectivity index (χ3n) is 3.89. The maximum Gasteiger partial charge on any atom is 0.135 e. The molecule has 4 heteroatoms. The lowest BCUT2D eigenvalue weighted by Gasteiger charge is -2.13. The Balaban J connectivity index is 2.01. The first-order chi connectivity index (χ1) is 10.7. The third-order valence-corrected chi connectivity index (χ3v) is 4.38. The van der Waals surface area contributed by atoms with Crippen molar-refractivity contribution in [2.45, 2.75) is 13.5 Å².